The van der Waals surface area contributed by atoms with Crippen molar-refractivity contribution in [3.8, 4) is 0 Å². The fraction of sp³-hybridized carbons (Fsp3) is 0.500. The minimum atomic E-state index is 0.631. The molecule has 0 saturated heterocycles. The first kappa shape index (κ1) is 7.48. The Morgan fingerprint density at radius 2 is 2.25 bits per heavy atom. The van der Waals surface area contributed by atoms with Crippen LogP contribution in [0.4, 0.5) is 0 Å². The van der Waals surface area contributed by atoms with Gasteiger partial charge in [-0.2, -0.15) is 0 Å². The highest BCUT2D eigenvalue weighted by molar-refractivity contribution is 4.85. The Morgan fingerprint density at radius 1 is 1.62 bits per heavy atom. The second-order valence-corrected chi connectivity index (χ2v) is 2.02. The minimum absolute atomic E-state index is 0.631. The third-order valence-electron chi connectivity index (χ3n) is 1.15. The molecule has 0 heterocycles. The maximum absolute atomic E-state index is 3.68. The van der Waals surface area contributed by atoms with Crippen molar-refractivity contribution in [3.05, 3.63) is 24.8 Å². The van der Waals surface area contributed by atoms with Crippen LogP contribution in [0, 0.1) is 5.92 Å². The van der Waals surface area contributed by atoms with Crippen LogP contribution in [-0.2, 0) is 0 Å². The predicted molar refractivity (Wildman–Crippen MR) is 38.8 cm³/mol. The molecule has 0 aromatic carbocycles. The van der Waals surface area contributed by atoms with E-state index in [-0.39, 0.29) is 0 Å². The van der Waals surface area contributed by atoms with Gasteiger partial charge in [-0.05, 0) is 19.3 Å². The van der Waals surface area contributed by atoms with E-state index < -0.39 is 0 Å². The summed E-state index contributed by atoms with van der Waals surface area (Å²) in [6.07, 6.45) is 7.33. The van der Waals surface area contributed by atoms with Crippen LogP contribution in [0.2, 0.25) is 0 Å². The van der Waals surface area contributed by atoms with Crippen molar-refractivity contribution in [3.63, 3.8) is 0 Å². The lowest BCUT2D eigenvalue weighted by molar-refractivity contribution is 0.746. The normalized spacial score (nSPS) is 14.2. The van der Waals surface area contributed by atoms with Gasteiger partial charge in [0.25, 0.3) is 0 Å². The number of allylic oxidation sites excluding steroid dienone is 3. The quantitative estimate of drug-likeness (QED) is 0.490. The van der Waals surface area contributed by atoms with Gasteiger partial charge in [-0.3, -0.25) is 0 Å². The zero-order chi connectivity index (χ0) is 6.41. The molecule has 0 amide bonds. The van der Waals surface area contributed by atoms with Crippen LogP contribution in [-0.4, -0.2) is 0 Å². The molecule has 0 aliphatic heterocycles. The van der Waals surface area contributed by atoms with Crippen LogP contribution in [0.25, 0.3) is 0 Å². The van der Waals surface area contributed by atoms with Crippen molar-refractivity contribution in [1.29, 1.82) is 0 Å². The van der Waals surface area contributed by atoms with Gasteiger partial charge in [-0.25, -0.2) is 0 Å². The molecule has 0 N–H and O–H groups in total. The Balaban J connectivity index is 3.23. The minimum Gasteiger partial charge on any atom is -0.103 e. The van der Waals surface area contributed by atoms with E-state index in [1.165, 1.54) is 0 Å². The maximum Gasteiger partial charge on any atom is -0.0230 e. The van der Waals surface area contributed by atoms with Gasteiger partial charge in [0.1, 0.15) is 0 Å². The lowest BCUT2D eigenvalue weighted by atomic mass is 10.1. The van der Waals surface area contributed by atoms with Crippen LogP contribution in [0.1, 0.15) is 20.3 Å². The van der Waals surface area contributed by atoms with Gasteiger partial charge in [-0.15, -0.1) is 6.58 Å². The fourth-order valence-corrected chi connectivity index (χ4v) is 0.447. The largest absolute Gasteiger partial charge is 0.103 e. The molecule has 0 bridgehead atoms. The molecular weight excluding hydrogens is 96.1 g/mol. The smallest absolute Gasteiger partial charge is 0.0230 e. The standard InChI is InChI=1S/C8H14/c1-4-6-7-8(3)5-2/h4-6,8H,2,7H2,1,3H3/b6-4+/t8-/m0/s1. The molecule has 0 aliphatic rings. The van der Waals surface area contributed by atoms with E-state index in [4.69, 9.17) is 0 Å². The van der Waals surface area contributed by atoms with E-state index in [1.54, 1.807) is 0 Å². The van der Waals surface area contributed by atoms with E-state index in [9.17, 15) is 0 Å². The third-order valence-corrected chi connectivity index (χ3v) is 1.15. The van der Waals surface area contributed by atoms with Gasteiger partial charge in [0, 0.05) is 0 Å². The Hall–Kier alpha value is -0.520. The predicted octanol–water partition coefficient (Wildman–Crippen LogP) is 2.77. The molecule has 0 radical (unpaired) electrons. The van der Waals surface area contributed by atoms with Crippen LogP contribution < -0.4 is 0 Å². The van der Waals surface area contributed by atoms with Crippen LogP contribution >= 0.6 is 0 Å². The molecule has 0 rings (SSSR count). The van der Waals surface area contributed by atoms with E-state index in [1.807, 2.05) is 13.0 Å². The summed E-state index contributed by atoms with van der Waals surface area (Å²) in [7, 11) is 0. The third kappa shape index (κ3) is 3.66. The molecule has 0 saturated carbocycles. The molecule has 0 spiro atoms. The summed E-state index contributed by atoms with van der Waals surface area (Å²) in [4.78, 5) is 0. The zero-order valence-electron chi connectivity index (χ0n) is 5.72. The van der Waals surface area contributed by atoms with E-state index in [0.717, 1.165) is 6.42 Å². The Bertz CT molecular complexity index is 80.0. The second-order valence-electron chi connectivity index (χ2n) is 2.02. The van der Waals surface area contributed by atoms with Gasteiger partial charge >= 0.3 is 0 Å². The highest BCUT2D eigenvalue weighted by Crippen LogP contribution is 2.01. The molecule has 46 valence electrons. The Morgan fingerprint density at radius 3 is 2.62 bits per heavy atom. The summed E-state index contributed by atoms with van der Waals surface area (Å²) in [5.74, 6) is 0.631. The molecule has 0 unspecified atom stereocenters. The van der Waals surface area contributed by atoms with Gasteiger partial charge < -0.3 is 0 Å². The van der Waals surface area contributed by atoms with E-state index in [0.29, 0.717) is 5.92 Å². The Kier molecular flexibility index (Phi) is 4.33. The van der Waals surface area contributed by atoms with Crippen LogP contribution in [0.5, 0.6) is 0 Å². The maximum atomic E-state index is 3.68. The molecule has 0 aromatic rings. The van der Waals surface area contributed by atoms with Crippen molar-refractivity contribution in [1.82, 2.24) is 0 Å². The summed E-state index contributed by atoms with van der Waals surface area (Å²) in [6.45, 7) is 7.88. The highest BCUT2D eigenvalue weighted by atomic mass is 13.9. The van der Waals surface area contributed by atoms with E-state index in [2.05, 4.69) is 25.7 Å². The first-order valence-electron chi connectivity index (χ1n) is 3.05. The second kappa shape index (κ2) is 4.63. The first-order valence-corrected chi connectivity index (χ1v) is 3.05. The van der Waals surface area contributed by atoms with Gasteiger partial charge in [0.2, 0.25) is 0 Å². The lowest BCUT2D eigenvalue weighted by Gasteiger charge is -1.96. The van der Waals surface area contributed by atoms with Crippen molar-refractivity contribution in [2.75, 3.05) is 0 Å². The SMILES string of the molecule is C=C[C@H](C)C/C=C/C. The number of hydrogen-bond acceptors (Lipinski definition) is 0. The molecule has 0 nitrogen and oxygen atoms in total. The number of rotatable bonds is 3. The monoisotopic (exact) mass is 110 g/mol. The summed E-state index contributed by atoms with van der Waals surface area (Å²) >= 11 is 0. The summed E-state index contributed by atoms with van der Waals surface area (Å²) in [6, 6.07) is 0. The van der Waals surface area contributed by atoms with Crippen molar-refractivity contribution < 1.29 is 0 Å². The zero-order valence-corrected chi connectivity index (χ0v) is 5.72. The highest BCUT2D eigenvalue weighted by Gasteiger charge is 1.87. The first-order chi connectivity index (χ1) is 3.81. The lowest BCUT2D eigenvalue weighted by Crippen LogP contribution is -1.82. The number of hydrogen-bond donors (Lipinski definition) is 0. The fourth-order valence-electron chi connectivity index (χ4n) is 0.447. The molecule has 8 heavy (non-hydrogen) atoms. The average Bonchev–Trinajstić information content (AvgIpc) is 1.83. The molecule has 0 aromatic heterocycles. The van der Waals surface area contributed by atoms with Crippen molar-refractivity contribution >= 4 is 0 Å². The summed E-state index contributed by atoms with van der Waals surface area (Å²) in [5.41, 5.74) is 0. The van der Waals surface area contributed by atoms with Crippen molar-refractivity contribution in [2.45, 2.75) is 20.3 Å². The topological polar surface area (TPSA) is 0 Å². The van der Waals surface area contributed by atoms with Gasteiger partial charge in [0.15, 0.2) is 0 Å². The van der Waals surface area contributed by atoms with Gasteiger partial charge in [-0.1, -0.05) is 25.2 Å². The molecule has 1 atom stereocenters. The van der Waals surface area contributed by atoms with Crippen LogP contribution in [0.15, 0.2) is 24.8 Å². The molecule has 0 fully saturated rings. The van der Waals surface area contributed by atoms with Crippen molar-refractivity contribution in [2.24, 2.45) is 5.92 Å². The summed E-state index contributed by atoms with van der Waals surface area (Å²) in [5, 5.41) is 0. The molecule has 0 heteroatoms. The van der Waals surface area contributed by atoms with E-state index >= 15 is 0 Å². The van der Waals surface area contributed by atoms with Gasteiger partial charge in [0.05, 0.1) is 0 Å². The molecular formula is C8H14. The Labute approximate surface area is 51.9 Å². The summed E-state index contributed by atoms with van der Waals surface area (Å²) < 4.78 is 0. The molecule has 0 aliphatic carbocycles. The average molecular weight is 110 g/mol. The van der Waals surface area contributed by atoms with Crippen LogP contribution in [0.3, 0.4) is 0 Å².